The molecular formula is C8H7FO2S. The number of carbonyl (C=O) groups excluding carboxylic acids is 2. The lowest BCUT2D eigenvalue weighted by Crippen LogP contribution is -2.04. The molecule has 0 aliphatic rings. The molecule has 0 fully saturated rings. The van der Waals surface area contributed by atoms with Crippen molar-refractivity contribution in [3.8, 4) is 0 Å². The van der Waals surface area contributed by atoms with E-state index >= 15 is 0 Å². The summed E-state index contributed by atoms with van der Waals surface area (Å²) in [6.45, 7) is 1.31. The SMILES string of the molecule is CC(=O)CC(=O)c1sccc1F. The van der Waals surface area contributed by atoms with Gasteiger partial charge in [-0.05, 0) is 18.4 Å². The van der Waals surface area contributed by atoms with Crippen molar-refractivity contribution in [1.29, 1.82) is 0 Å². The minimum Gasteiger partial charge on any atom is -0.300 e. The van der Waals surface area contributed by atoms with Gasteiger partial charge in [-0.3, -0.25) is 9.59 Å². The lowest BCUT2D eigenvalue weighted by molar-refractivity contribution is -0.116. The van der Waals surface area contributed by atoms with E-state index < -0.39 is 11.6 Å². The molecular weight excluding hydrogens is 179 g/mol. The third-order valence-corrected chi connectivity index (χ3v) is 2.21. The summed E-state index contributed by atoms with van der Waals surface area (Å²) in [5, 5.41) is 1.49. The average molecular weight is 186 g/mol. The maximum Gasteiger partial charge on any atom is 0.183 e. The third-order valence-electron chi connectivity index (χ3n) is 1.28. The Morgan fingerprint density at radius 2 is 2.25 bits per heavy atom. The van der Waals surface area contributed by atoms with Crippen molar-refractivity contribution < 1.29 is 14.0 Å². The van der Waals surface area contributed by atoms with Crippen molar-refractivity contribution in [2.45, 2.75) is 13.3 Å². The minimum absolute atomic E-state index is 0.0465. The zero-order valence-electron chi connectivity index (χ0n) is 6.46. The molecule has 0 aliphatic heterocycles. The number of rotatable bonds is 3. The Bertz CT molecular complexity index is 317. The number of hydrogen-bond acceptors (Lipinski definition) is 3. The molecule has 2 nitrogen and oxygen atoms in total. The van der Waals surface area contributed by atoms with Crippen LogP contribution in [0.1, 0.15) is 23.0 Å². The maximum absolute atomic E-state index is 12.7. The second kappa shape index (κ2) is 3.58. The molecule has 4 heteroatoms. The van der Waals surface area contributed by atoms with Crippen LogP contribution < -0.4 is 0 Å². The van der Waals surface area contributed by atoms with E-state index in [9.17, 15) is 14.0 Å². The van der Waals surface area contributed by atoms with Crippen molar-refractivity contribution in [2.75, 3.05) is 0 Å². The van der Waals surface area contributed by atoms with Crippen LogP contribution in [0.4, 0.5) is 4.39 Å². The summed E-state index contributed by atoms with van der Waals surface area (Å²) in [6, 6.07) is 1.22. The minimum atomic E-state index is -0.536. The Kier molecular flexibility index (Phi) is 2.70. The van der Waals surface area contributed by atoms with Gasteiger partial charge in [-0.1, -0.05) is 0 Å². The van der Waals surface area contributed by atoms with Crippen molar-refractivity contribution in [3.05, 3.63) is 22.1 Å². The summed E-state index contributed by atoms with van der Waals surface area (Å²) in [5.74, 6) is -1.21. The molecule has 1 aromatic rings. The van der Waals surface area contributed by atoms with Crippen LogP contribution >= 0.6 is 11.3 Å². The second-order valence-electron chi connectivity index (χ2n) is 2.40. The molecule has 0 N–H and O–H groups in total. The number of halogens is 1. The molecule has 0 aromatic carbocycles. The Morgan fingerprint density at radius 3 is 2.67 bits per heavy atom. The molecule has 1 rings (SSSR count). The summed E-state index contributed by atoms with van der Waals surface area (Å²) >= 11 is 1.02. The molecule has 0 radical (unpaired) electrons. The molecule has 0 atom stereocenters. The highest BCUT2D eigenvalue weighted by Gasteiger charge is 2.14. The van der Waals surface area contributed by atoms with Gasteiger partial charge in [0.2, 0.25) is 0 Å². The molecule has 1 aromatic heterocycles. The Labute approximate surface area is 73.0 Å². The first-order valence-corrected chi connectivity index (χ1v) is 4.25. The highest BCUT2D eigenvalue weighted by molar-refractivity contribution is 7.12. The number of hydrogen-bond donors (Lipinski definition) is 0. The van der Waals surface area contributed by atoms with Gasteiger partial charge in [0.05, 0.1) is 6.42 Å². The van der Waals surface area contributed by atoms with Gasteiger partial charge in [0.15, 0.2) is 5.78 Å². The zero-order valence-corrected chi connectivity index (χ0v) is 7.28. The summed E-state index contributed by atoms with van der Waals surface area (Å²) in [5.41, 5.74) is 0. The van der Waals surface area contributed by atoms with Crippen LogP contribution in [0.5, 0.6) is 0 Å². The Balaban J connectivity index is 2.78. The first-order valence-electron chi connectivity index (χ1n) is 3.37. The molecule has 0 spiro atoms. The molecule has 0 amide bonds. The van der Waals surface area contributed by atoms with E-state index in [-0.39, 0.29) is 17.1 Å². The van der Waals surface area contributed by atoms with Crippen LogP contribution in [0.3, 0.4) is 0 Å². The van der Waals surface area contributed by atoms with Crippen molar-refractivity contribution in [2.24, 2.45) is 0 Å². The first-order chi connectivity index (χ1) is 5.61. The fraction of sp³-hybridized carbons (Fsp3) is 0.250. The van der Waals surface area contributed by atoms with Gasteiger partial charge in [-0.15, -0.1) is 11.3 Å². The van der Waals surface area contributed by atoms with E-state index in [0.29, 0.717) is 0 Å². The van der Waals surface area contributed by atoms with Gasteiger partial charge < -0.3 is 0 Å². The summed E-state index contributed by atoms with van der Waals surface area (Å²) < 4.78 is 12.7. The van der Waals surface area contributed by atoms with Crippen LogP contribution in [-0.2, 0) is 4.79 Å². The molecule has 0 saturated heterocycles. The van der Waals surface area contributed by atoms with Gasteiger partial charge in [0.1, 0.15) is 16.5 Å². The number of Topliss-reactive ketones (excluding diaryl/α,β-unsaturated/α-hetero) is 2. The zero-order chi connectivity index (χ0) is 9.14. The van der Waals surface area contributed by atoms with Crippen molar-refractivity contribution >= 4 is 22.9 Å². The van der Waals surface area contributed by atoms with Crippen molar-refractivity contribution in [3.63, 3.8) is 0 Å². The lowest BCUT2D eigenvalue weighted by Gasteiger charge is -1.92. The molecule has 0 unspecified atom stereocenters. The fourth-order valence-electron chi connectivity index (χ4n) is 0.799. The van der Waals surface area contributed by atoms with E-state index in [0.717, 1.165) is 11.3 Å². The van der Waals surface area contributed by atoms with Crippen LogP contribution in [0.2, 0.25) is 0 Å². The lowest BCUT2D eigenvalue weighted by atomic mass is 10.2. The maximum atomic E-state index is 12.7. The number of thiophene rings is 1. The van der Waals surface area contributed by atoms with Gasteiger partial charge >= 0.3 is 0 Å². The number of carbonyl (C=O) groups is 2. The van der Waals surface area contributed by atoms with E-state index in [1.807, 2.05) is 0 Å². The fourth-order valence-corrected chi connectivity index (χ4v) is 1.51. The van der Waals surface area contributed by atoms with Gasteiger partial charge in [-0.2, -0.15) is 0 Å². The monoisotopic (exact) mass is 186 g/mol. The molecule has 64 valence electrons. The van der Waals surface area contributed by atoms with E-state index in [1.54, 1.807) is 0 Å². The summed E-state index contributed by atoms with van der Waals surface area (Å²) in [6.07, 6.45) is -0.211. The smallest absolute Gasteiger partial charge is 0.183 e. The van der Waals surface area contributed by atoms with Crippen LogP contribution in [0.25, 0.3) is 0 Å². The largest absolute Gasteiger partial charge is 0.300 e. The first kappa shape index (κ1) is 9.06. The molecule has 1 heterocycles. The van der Waals surface area contributed by atoms with E-state index in [4.69, 9.17) is 0 Å². The van der Waals surface area contributed by atoms with Gasteiger partial charge in [-0.25, -0.2) is 4.39 Å². The summed E-state index contributed by atoms with van der Waals surface area (Å²) in [4.78, 5) is 21.7. The molecule has 0 saturated carbocycles. The van der Waals surface area contributed by atoms with Crippen molar-refractivity contribution in [1.82, 2.24) is 0 Å². The third kappa shape index (κ3) is 1.98. The predicted molar refractivity (Wildman–Crippen MR) is 43.9 cm³/mol. The summed E-state index contributed by atoms with van der Waals surface area (Å²) in [7, 11) is 0. The standard InChI is InChI=1S/C8H7FO2S/c1-5(10)4-7(11)8-6(9)2-3-12-8/h2-3H,4H2,1H3. The Morgan fingerprint density at radius 1 is 1.58 bits per heavy atom. The van der Waals surface area contributed by atoms with Crippen LogP contribution in [-0.4, -0.2) is 11.6 Å². The van der Waals surface area contributed by atoms with Crippen LogP contribution in [0, 0.1) is 5.82 Å². The number of ketones is 2. The normalized spacial score (nSPS) is 9.83. The molecule has 0 aliphatic carbocycles. The van der Waals surface area contributed by atoms with Crippen LogP contribution in [0.15, 0.2) is 11.4 Å². The second-order valence-corrected chi connectivity index (χ2v) is 3.32. The molecule has 0 bridgehead atoms. The van der Waals surface area contributed by atoms with Gasteiger partial charge in [0.25, 0.3) is 0 Å². The molecule has 12 heavy (non-hydrogen) atoms. The van der Waals surface area contributed by atoms with Gasteiger partial charge in [0, 0.05) is 0 Å². The topological polar surface area (TPSA) is 34.1 Å². The van der Waals surface area contributed by atoms with E-state index in [1.165, 1.54) is 18.4 Å². The predicted octanol–water partition coefficient (Wildman–Crippen LogP) is 2.05. The highest BCUT2D eigenvalue weighted by atomic mass is 32.1. The average Bonchev–Trinajstić information content (AvgIpc) is 2.33. The highest BCUT2D eigenvalue weighted by Crippen LogP contribution is 2.16. The quantitative estimate of drug-likeness (QED) is 0.534. The Hall–Kier alpha value is -1.03. The van der Waals surface area contributed by atoms with E-state index in [2.05, 4.69) is 0 Å².